The van der Waals surface area contributed by atoms with E-state index in [4.69, 9.17) is 0 Å². The van der Waals surface area contributed by atoms with Gasteiger partial charge in [-0.1, -0.05) is 6.42 Å². The van der Waals surface area contributed by atoms with Crippen LogP contribution in [0.15, 0.2) is 0 Å². The molecule has 4 heteroatoms. The number of nitrogens with zero attached hydrogens (tertiary/aromatic N) is 1. The molecule has 2 heterocycles. The summed E-state index contributed by atoms with van der Waals surface area (Å²) in [5.41, 5.74) is 0. The zero-order valence-electron chi connectivity index (χ0n) is 10.9. The zero-order chi connectivity index (χ0) is 12.1. The summed E-state index contributed by atoms with van der Waals surface area (Å²) in [6.07, 6.45) is 6.10. The second-order valence-corrected chi connectivity index (χ2v) is 5.42. The average Bonchev–Trinajstić information content (AvgIpc) is 2.83. The van der Waals surface area contributed by atoms with Gasteiger partial charge in [0, 0.05) is 12.6 Å². The van der Waals surface area contributed by atoms with Crippen LogP contribution in [0.4, 0.5) is 0 Å². The van der Waals surface area contributed by atoms with Gasteiger partial charge in [-0.2, -0.15) is 0 Å². The monoisotopic (exact) mass is 239 g/mol. The molecule has 0 aromatic rings. The predicted octanol–water partition coefficient (Wildman–Crippen LogP) is 0.729. The van der Waals surface area contributed by atoms with Gasteiger partial charge in [0.15, 0.2) is 0 Å². The summed E-state index contributed by atoms with van der Waals surface area (Å²) in [6, 6.07) is 0.321. The summed E-state index contributed by atoms with van der Waals surface area (Å²) in [5.74, 6) is 0.187. The van der Waals surface area contributed by atoms with Crippen LogP contribution in [0.3, 0.4) is 0 Å². The van der Waals surface area contributed by atoms with E-state index < -0.39 is 0 Å². The smallest absolute Gasteiger partial charge is 0.237 e. The number of likely N-dealkylation sites (tertiary alicyclic amines) is 1. The highest BCUT2D eigenvalue weighted by Gasteiger charge is 2.23. The van der Waals surface area contributed by atoms with E-state index in [1.54, 1.807) is 0 Å². The Morgan fingerprint density at radius 2 is 2.12 bits per heavy atom. The van der Waals surface area contributed by atoms with E-state index >= 15 is 0 Å². The van der Waals surface area contributed by atoms with Gasteiger partial charge >= 0.3 is 0 Å². The number of piperidine rings is 1. The van der Waals surface area contributed by atoms with Gasteiger partial charge in [0.1, 0.15) is 0 Å². The van der Waals surface area contributed by atoms with Gasteiger partial charge < -0.3 is 15.5 Å². The Labute approximate surface area is 104 Å². The highest BCUT2D eigenvalue weighted by atomic mass is 16.2. The third-order valence-electron chi connectivity index (χ3n) is 3.75. The zero-order valence-corrected chi connectivity index (χ0v) is 10.9. The molecule has 0 aromatic carbocycles. The van der Waals surface area contributed by atoms with E-state index in [2.05, 4.69) is 22.5 Å². The maximum atomic E-state index is 11.9. The van der Waals surface area contributed by atoms with Crippen LogP contribution in [0.1, 0.15) is 39.0 Å². The molecule has 0 aliphatic carbocycles. The van der Waals surface area contributed by atoms with Crippen molar-refractivity contribution in [2.75, 3.05) is 26.2 Å². The van der Waals surface area contributed by atoms with Gasteiger partial charge in [0.25, 0.3) is 0 Å². The lowest BCUT2D eigenvalue weighted by Gasteiger charge is -2.29. The molecule has 17 heavy (non-hydrogen) atoms. The fourth-order valence-corrected chi connectivity index (χ4v) is 2.83. The Kier molecular flexibility index (Phi) is 4.80. The fraction of sp³-hybridized carbons (Fsp3) is 0.923. The normalized spacial score (nSPS) is 27.9. The van der Waals surface area contributed by atoms with Crippen LogP contribution in [0.5, 0.6) is 0 Å². The van der Waals surface area contributed by atoms with Gasteiger partial charge in [-0.15, -0.1) is 0 Å². The molecule has 2 rings (SSSR count). The van der Waals surface area contributed by atoms with Crippen molar-refractivity contribution in [1.29, 1.82) is 0 Å². The highest BCUT2D eigenvalue weighted by molar-refractivity contribution is 5.82. The molecule has 0 radical (unpaired) electrons. The predicted molar refractivity (Wildman–Crippen MR) is 68.9 cm³/mol. The maximum Gasteiger partial charge on any atom is 0.237 e. The van der Waals surface area contributed by atoms with Gasteiger partial charge in [-0.3, -0.25) is 4.79 Å². The van der Waals surface area contributed by atoms with E-state index in [1.165, 1.54) is 32.4 Å². The minimum atomic E-state index is 0.0544. The van der Waals surface area contributed by atoms with Crippen molar-refractivity contribution in [3.8, 4) is 0 Å². The van der Waals surface area contributed by atoms with Crippen molar-refractivity contribution in [2.24, 2.45) is 0 Å². The maximum absolute atomic E-state index is 11.9. The molecular formula is C13H25N3O. The Morgan fingerprint density at radius 3 is 2.76 bits per heavy atom. The SMILES string of the molecule is CC(CN1CCCCC1)NC(=O)C1CCCN1. The lowest BCUT2D eigenvalue weighted by atomic mass is 10.1. The Bertz CT molecular complexity index is 245. The summed E-state index contributed by atoms with van der Waals surface area (Å²) in [7, 11) is 0. The van der Waals surface area contributed by atoms with Crippen LogP contribution in [0, 0.1) is 0 Å². The highest BCUT2D eigenvalue weighted by Crippen LogP contribution is 2.09. The third-order valence-corrected chi connectivity index (χ3v) is 3.75. The standard InChI is InChI=1S/C13H25N3O/c1-11(10-16-8-3-2-4-9-16)15-13(17)12-6-5-7-14-12/h11-12,14H,2-10H2,1H3,(H,15,17). The Morgan fingerprint density at radius 1 is 1.35 bits per heavy atom. The first-order chi connectivity index (χ1) is 8.25. The molecule has 2 N–H and O–H groups in total. The molecule has 98 valence electrons. The van der Waals surface area contributed by atoms with Crippen molar-refractivity contribution in [2.45, 2.75) is 51.1 Å². The van der Waals surface area contributed by atoms with Crippen LogP contribution in [-0.4, -0.2) is 49.1 Å². The number of rotatable bonds is 4. The van der Waals surface area contributed by atoms with Crippen LogP contribution in [0.25, 0.3) is 0 Å². The van der Waals surface area contributed by atoms with Crippen LogP contribution in [-0.2, 0) is 4.79 Å². The van der Waals surface area contributed by atoms with Gasteiger partial charge in [0.2, 0.25) is 5.91 Å². The summed E-state index contributed by atoms with van der Waals surface area (Å²) in [4.78, 5) is 14.4. The molecule has 2 unspecified atom stereocenters. The van der Waals surface area contributed by atoms with Crippen molar-refractivity contribution in [3.63, 3.8) is 0 Å². The molecule has 0 aromatic heterocycles. The van der Waals surface area contributed by atoms with Crippen molar-refractivity contribution in [3.05, 3.63) is 0 Å². The van der Waals surface area contributed by atoms with E-state index in [-0.39, 0.29) is 18.0 Å². The summed E-state index contributed by atoms with van der Waals surface area (Å²) in [5, 5.41) is 6.37. The number of hydrogen-bond acceptors (Lipinski definition) is 3. The molecule has 2 aliphatic heterocycles. The third kappa shape index (κ3) is 3.96. The molecule has 1 amide bonds. The molecule has 0 bridgehead atoms. The molecule has 2 fully saturated rings. The minimum absolute atomic E-state index is 0.0544. The molecule has 2 aliphatic rings. The quantitative estimate of drug-likeness (QED) is 0.760. The fourth-order valence-electron chi connectivity index (χ4n) is 2.83. The lowest BCUT2D eigenvalue weighted by molar-refractivity contribution is -0.123. The number of hydrogen-bond donors (Lipinski definition) is 2. The topological polar surface area (TPSA) is 44.4 Å². The minimum Gasteiger partial charge on any atom is -0.351 e. The van der Waals surface area contributed by atoms with E-state index in [0.717, 1.165) is 25.9 Å². The summed E-state index contributed by atoms with van der Waals surface area (Å²) < 4.78 is 0. The van der Waals surface area contributed by atoms with Crippen LogP contribution in [0.2, 0.25) is 0 Å². The first-order valence-corrected chi connectivity index (χ1v) is 7.02. The number of carbonyl (C=O) groups excluding carboxylic acids is 1. The van der Waals surface area contributed by atoms with Crippen molar-refractivity contribution < 1.29 is 4.79 Å². The van der Waals surface area contributed by atoms with Crippen molar-refractivity contribution >= 4 is 5.91 Å². The second-order valence-electron chi connectivity index (χ2n) is 5.42. The lowest BCUT2D eigenvalue weighted by Crippen LogP contribution is -2.48. The summed E-state index contributed by atoms with van der Waals surface area (Å²) in [6.45, 7) is 6.49. The molecule has 0 saturated carbocycles. The number of amides is 1. The molecule has 0 spiro atoms. The van der Waals surface area contributed by atoms with Crippen molar-refractivity contribution in [1.82, 2.24) is 15.5 Å². The van der Waals surface area contributed by atoms with Gasteiger partial charge in [0.05, 0.1) is 6.04 Å². The Balaban J connectivity index is 1.68. The number of carbonyl (C=O) groups is 1. The van der Waals surface area contributed by atoms with E-state index in [1.807, 2.05) is 0 Å². The van der Waals surface area contributed by atoms with Gasteiger partial charge in [-0.05, 0) is 52.2 Å². The van der Waals surface area contributed by atoms with E-state index in [9.17, 15) is 4.79 Å². The largest absolute Gasteiger partial charge is 0.351 e. The summed E-state index contributed by atoms with van der Waals surface area (Å²) >= 11 is 0. The second kappa shape index (κ2) is 6.36. The average molecular weight is 239 g/mol. The first-order valence-electron chi connectivity index (χ1n) is 7.02. The van der Waals surface area contributed by atoms with E-state index in [0.29, 0.717) is 0 Å². The van der Waals surface area contributed by atoms with Gasteiger partial charge in [-0.25, -0.2) is 0 Å². The molecule has 2 atom stereocenters. The Hall–Kier alpha value is -0.610. The first kappa shape index (κ1) is 12.8. The molecule has 4 nitrogen and oxygen atoms in total. The number of nitrogens with one attached hydrogen (secondary N) is 2. The molecular weight excluding hydrogens is 214 g/mol. The molecule has 2 saturated heterocycles. The van der Waals surface area contributed by atoms with Crippen LogP contribution >= 0.6 is 0 Å². The van der Waals surface area contributed by atoms with Crippen LogP contribution < -0.4 is 10.6 Å².